The van der Waals surface area contributed by atoms with Crippen molar-refractivity contribution >= 4 is 23.2 Å². The average Bonchev–Trinajstić information content (AvgIpc) is 2.16. The van der Waals surface area contributed by atoms with E-state index in [2.05, 4.69) is 4.74 Å². The zero-order valence-electron chi connectivity index (χ0n) is 7.54. The predicted molar refractivity (Wildman–Crippen MR) is 55.0 cm³/mol. The number of hydrogen-bond acceptors (Lipinski definition) is 3. The van der Waals surface area contributed by atoms with Crippen molar-refractivity contribution in [3.63, 3.8) is 0 Å². The molecule has 1 aromatic carbocycles. The zero-order chi connectivity index (χ0) is 10.6. The minimum atomic E-state index is -0.957. The van der Waals surface area contributed by atoms with E-state index in [4.69, 9.17) is 33.0 Å². The van der Waals surface area contributed by atoms with Gasteiger partial charge in [-0.3, -0.25) is 0 Å². The van der Waals surface area contributed by atoms with Gasteiger partial charge in [0.1, 0.15) is 12.4 Å². The van der Waals surface area contributed by atoms with Crippen LogP contribution in [0, 0.1) is 0 Å². The van der Waals surface area contributed by atoms with Crippen LogP contribution in [0.2, 0.25) is 10.0 Å². The number of benzene rings is 1. The first-order chi connectivity index (χ1) is 6.63. The second-order valence-corrected chi connectivity index (χ2v) is 3.42. The van der Waals surface area contributed by atoms with Gasteiger partial charge in [0.15, 0.2) is 6.29 Å². The molecular weight excluding hydrogens is 227 g/mol. The Hall–Kier alpha value is -0.480. The van der Waals surface area contributed by atoms with Crippen LogP contribution in [0.1, 0.15) is 0 Å². The fraction of sp³-hybridized carbons (Fsp3) is 0.333. The van der Waals surface area contributed by atoms with Crippen LogP contribution in [0.25, 0.3) is 0 Å². The second kappa shape index (κ2) is 5.41. The minimum Gasteiger partial charge on any atom is -0.487 e. The van der Waals surface area contributed by atoms with E-state index >= 15 is 0 Å². The van der Waals surface area contributed by atoms with Crippen LogP contribution < -0.4 is 4.74 Å². The van der Waals surface area contributed by atoms with Crippen LogP contribution in [-0.2, 0) is 4.74 Å². The Morgan fingerprint density at radius 1 is 1.43 bits per heavy atom. The van der Waals surface area contributed by atoms with Crippen LogP contribution in [0.4, 0.5) is 0 Å². The Balaban J connectivity index is 2.59. The fourth-order valence-electron chi connectivity index (χ4n) is 0.821. The van der Waals surface area contributed by atoms with Gasteiger partial charge in [-0.2, -0.15) is 0 Å². The van der Waals surface area contributed by atoms with Crippen molar-refractivity contribution in [3.8, 4) is 5.75 Å². The second-order valence-electron chi connectivity index (χ2n) is 2.58. The number of rotatable bonds is 4. The molecule has 1 unspecified atom stereocenters. The highest BCUT2D eigenvalue weighted by atomic mass is 35.5. The van der Waals surface area contributed by atoms with Crippen LogP contribution in [-0.4, -0.2) is 25.1 Å². The molecule has 0 aliphatic rings. The first kappa shape index (κ1) is 11.6. The lowest BCUT2D eigenvalue weighted by Gasteiger charge is -2.11. The number of halogens is 2. The maximum absolute atomic E-state index is 9.05. The lowest BCUT2D eigenvalue weighted by atomic mass is 10.3. The van der Waals surface area contributed by atoms with Crippen molar-refractivity contribution in [1.82, 2.24) is 0 Å². The molecule has 0 amide bonds. The van der Waals surface area contributed by atoms with Crippen LogP contribution in [0.3, 0.4) is 0 Å². The molecule has 1 rings (SSSR count). The summed E-state index contributed by atoms with van der Waals surface area (Å²) in [5, 5.41) is 9.99. The van der Waals surface area contributed by atoms with Gasteiger partial charge in [-0.15, -0.1) is 0 Å². The average molecular weight is 237 g/mol. The van der Waals surface area contributed by atoms with E-state index in [-0.39, 0.29) is 6.61 Å². The Morgan fingerprint density at radius 2 is 2.14 bits per heavy atom. The largest absolute Gasteiger partial charge is 0.487 e. The molecule has 0 saturated heterocycles. The molecule has 0 saturated carbocycles. The first-order valence-corrected chi connectivity index (χ1v) is 4.68. The molecule has 0 fully saturated rings. The van der Waals surface area contributed by atoms with Gasteiger partial charge in [-0.05, 0) is 18.2 Å². The lowest BCUT2D eigenvalue weighted by Crippen LogP contribution is -2.19. The number of hydrogen-bond donors (Lipinski definition) is 1. The fourth-order valence-corrected chi connectivity index (χ4v) is 1.28. The smallest absolute Gasteiger partial charge is 0.188 e. The Labute approximate surface area is 92.2 Å². The van der Waals surface area contributed by atoms with Gasteiger partial charge in [-0.25, -0.2) is 0 Å². The molecule has 0 spiro atoms. The summed E-state index contributed by atoms with van der Waals surface area (Å²) in [4.78, 5) is 0. The summed E-state index contributed by atoms with van der Waals surface area (Å²) in [6, 6.07) is 4.85. The first-order valence-electron chi connectivity index (χ1n) is 3.92. The number of ether oxygens (including phenoxy) is 2. The van der Waals surface area contributed by atoms with Crippen molar-refractivity contribution in [2.24, 2.45) is 0 Å². The zero-order valence-corrected chi connectivity index (χ0v) is 9.05. The van der Waals surface area contributed by atoms with Crippen molar-refractivity contribution < 1.29 is 14.6 Å². The number of aliphatic hydroxyl groups is 1. The van der Waals surface area contributed by atoms with E-state index in [1.54, 1.807) is 18.2 Å². The third-order valence-electron chi connectivity index (χ3n) is 1.55. The molecule has 0 radical (unpaired) electrons. The number of aliphatic hydroxyl groups excluding tert-OH is 1. The summed E-state index contributed by atoms with van der Waals surface area (Å²) in [7, 11) is 1.39. The molecule has 14 heavy (non-hydrogen) atoms. The molecular formula is C9H10Cl2O3. The van der Waals surface area contributed by atoms with Gasteiger partial charge in [0.25, 0.3) is 0 Å². The molecule has 0 heterocycles. The third-order valence-corrected chi connectivity index (χ3v) is 2.08. The van der Waals surface area contributed by atoms with Gasteiger partial charge < -0.3 is 14.6 Å². The maximum atomic E-state index is 9.05. The SMILES string of the molecule is COC(O)COc1ccc(Cl)cc1Cl. The molecule has 1 aromatic rings. The van der Waals surface area contributed by atoms with Crippen molar-refractivity contribution in [1.29, 1.82) is 0 Å². The lowest BCUT2D eigenvalue weighted by molar-refractivity contribution is -0.0967. The van der Waals surface area contributed by atoms with Crippen molar-refractivity contribution in [2.75, 3.05) is 13.7 Å². The summed E-state index contributed by atoms with van der Waals surface area (Å²) in [6.07, 6.45) is -0.957. The van der Waals surface area contributed by atoms with E-state index < -0.39 is 6.29 Å². The van der Waals surface area contributed by atoms with Crippen LogP contribution >= 0.6 is 23.2 Å². The summed E-state index contributed by atoms with van der Waals surface area (Å²) >= 11 is 11.5. The summed E-state index contributed by atoms with van der Waals surface area (Å²) in [6.45, 7) is 0.0256. The molecule has 0 aliphatic carbocycles. The monoisotopic (exact) mass is 236 g/mol. The summed E-state index contributed by atoms with van der Waals surface area (Å²) in [5.41, 5.74) is 0. The Morgan fingerprint density at radius 3 is 2.71 bits per heavy atom. The van der Waals surface area contributed by atoms with E-state index in [9.17, 15) is 0 Å². The van der Waals surface area contributed by atoms with E-state index in [1.165, 1.54) is 7.11 Å². The van der Waals surface area contributed by atoms with Crippen LogP contribution in [0.5, 0.6) is 5.75 Å². The molecule has 0 bridgehead atoms. The summed E-state index contributed by atoms with van der Waals surface area (Å²) in [5.74, 6) is 0.465. The quantitative estimate of drug-likeness (QED) is 0.817. The van der Waals surface area contributed by atoms with Gasteiger partial charge in [-0.1, -0.05) is 23.2 Å². The highest BCUT2D eigenvalue weighted by Gasteiger charge is 2.05. The maximum Gasteiger partial charge on any atom is 0.188 e. The Kier molecular flexibility index (Phi) is 4.48. The Bertz CT molecular complexity index is 304. The van der Waals surface area contributed by atoms with Crippen molar-refractivity contribution in [2.45, 2.75) is 6.29 Å². The van der Waals surface area contributed by atoms with Crippen LogP contribution in [0.15, 0.2) is 18.2 Å². The van der Waals surface area contributed by atoms with Gasteiger partial charge in [0.05, 0.1) is 5.02 Å². The van der Waals surface area contributed by atoms with Crippen molar-refractivity contribution in [3.05, 3.63) is 28.2 Å². The molecule has 1 atom stereocenters. The van der Waals surface area contributed by atoms with E-state index in [0.29, 0.717) is 15.8 Å². The molecule has 1 N–H and O–H groups in total. The standard InChI is InChI=1S/C9H10Cl2O3/c1-13-9(12)5-14-8-3-2-6(10)4-7(8)11/h2-4,9,12H,5H2,1H3. The topological polar surface area (TPSA) is 38.7 Å². The molecule has 3 nitrogen and oxygen atoms in total. The van der Waals surface area contributed by atoms with Gasteiger partial charge in [0.2, 0.25) is 0 Å². The number of methoxy groups -OCH3 is 1. The van der Waals surface area contributed by atoms with E-state index in [0.717, 1.165) is 0 Å². The van der Waals surface area contributed by atoms with E-state index in [1.807, 2.05) is 0 Å². The highest BCUT2D eigenvalue weighted by molar-refractivity contribution is 6.35. The van der Waals surface area contributed by atoms with Gasteiger partial charge >= 0.3 is 0 Å². The minimum absolute atomic E-state index is 0.0256. The predicted octanol–water partition coefficient (Wildman–Crippen LogP) is 2.34. The molecule has 5 heteroatoms. The van der Waals surface area contributed by atoms with Gasteiger partial charge in [0, 0.05) is 12.1 Å². The molecule has 0 aromatic heterocycles. The molecule has 78 valence electrons. The third kappa shape index (κ3) is 3.35. The molecule has 0 aliphatic heterocycles. The normalized spacial score (nSPS) is 12.6. The highest BCUT2D eigenvalue weighted by Crippen LogP contribution is 2.27. The summed E-state index contributed by atoms with van der Waals surface area (Å²) < 4.78 is 9.78.